The molecular weight excluding hydrogens is 360 g/mol. The van der Waals surface area contributed by atoms with Crippen molar-refractivity contribution in [3.63, 3.8) is 0 Å². The molecule has 0 spiro atoms. The number of aromatic nitrogens is 1. The van der Waals surface area contributed by atoms with Crippen molar-refractivity contribution < 1.29 is 14.5 Å². The first-order chi connectivity index (χ1) is 13.4. The number of aryl methyl sites for hydroxylation is 2. The average molecular weight is 384 g/mol. The summed E-state index contributed by atoms with van der Waals surface area (Å²) < 4.78 is 5.84. The van der Waals surface area contributed by atoms with Gasteiger partial charge in [0, 0.05) is 31.7 Å². The largest absolute Gasteiger partial charge is 0.481 e. The Morgan fingerprint density at radius 1 is 1.18 bits per heavy atom. The summed E-state index contributed by atoms with van der Waals surface area (Å²) in [5.74, 6) is 1.36. The first-order valence-electron chi connectivity index (χ1n) is 9.24. The molecule has 1 aliphatic rings. The Morgan fingerprint density at radius 2 is 1.86 bits per heavy atom. The molecule has 8 heteroatoms. The molecule has 0 bridgehead atoms. The summed E-state index contributed by atoms with van der Waals surface area (Å²) in [6, 6.07) is 9.35. The van der Waals surface area contributed by atoms with Gasteiger partial charge in [-0.3, -0.25) is 14.9 Å². The number of carbonyl (C=O) groups excluding carboxylic acids is 1. The van der Waals surface area contributed by atoms with Crippen LogP contribution in [0.3, 0.4) is 0 Å². The number of ether oxygens (including phenoxy) is 1. The van der Waals surface area contributed by atoms with Crippen molar-refractivity contribution in [2.45, 2.75) is 26.9 Å². The number of para-hydroxylation sites is 1. The Morgan fingerprint density at radius 3 is 2.46 bits per heavy atom. The molecule has 2 heterocycles. The fourth-order valence-corrected chi connectivity index (χ4v) is 3.24. The quantitative estimate of drug-likeness (QED) is 0.582. The van der Waals surface area contributed by atoms with E-state index in [4.69, 9.17) is 4.74 Å². The van der Waals surface area contributed by atoms with Gasteiger partial charge in [-0.2, -0.15) is 0 Å². The number of anilines is 1. The zero-order chi connectivity index (χ0) is 20.3. The lowest BCUT2D eigenvalue weighted by molar-refractivity contribution is -0.385. The van der Waals surface area contributed by atoms with Crippen LogP contribution in [-0.2, 0) is 4.79 Å². The van der Waals surface area contributed by atoms with Gasteiger partial charge in [0.05, 0.1) is 4.92 Å². The molecule has 8 nitrogen and oxygen atoms in total. The van der Waals surface area contributed by atoms with E-state index in [-0.39, 0.29) is 11.6 Å². The molecule has 28 heavy (non-hydrogen) atoms. The maximum atomic E-state index is 12.7. The third kappa shape index (κ3) is 4.21. The van der Waals surface area contributed by atoms with Gasteiger partial charge in [0.1, 0.15) is 17.8 Å². The smallest absolute Gasteiger partial charge is 0.290 e. The Kier molecular flexibility index (Phi) is 5.77. The van der Waals surface area contributed by atoms with Crippen LogP contribution < -0.4 is 9.64 Å². The minimum Gasteiger partial charge on any atom is -0.481 e. The van der Waals surface area contributed by atoms with Gasteiger partial charge in [-0.25, -0.2) is 4.98 Å². The molecular formula is C20H24N4O4. The SMILES string of the molecule is Cc1ccccc1OC(C)C(=O)N1CCN(c2cc(C)c([N+](=O)[O-])cn2)CC1. The number of amides is 1. The predicted molar refractivity (Wildman–Crippen MR) is 106 cm³/mol. The number of hydrogen-bond donors (Lipinski definition) is 0. The van der Waals surface area contributed by atoms with Gasteiger partial charge in [0.25, 0.3) is 11.6 Å². The zero-order valence-electron chi connectivity index (χ0n) is 16.3. The highest BCUT2D eigenvalue weighted by atomic mass is 16.6. The number of pyridine rings is 1. The topological polar surface area (TPSA) is 88.8 Å². The van der Waals surface area contributed by atoms with Gasteiger partial charge in [-0.05, 0) is 38.5 Å². The van der Waals surface area contributed by atoms with Crippen molar-refractivity contribution in [3.8, 4) is 5.75 Å². The highest BCUT2D eigenvalue weighted by Crippen LogP contribution is 2.23. The van der Waals surface area contributed by atoms with Crippen molar-refractivity contribution in [2.75, 3.05) is 31.1 Å². The molecule has 1 aromatic carbocycles. The van der Waals surface area contributed by atoms with Crippen LogP contribution in [-0.4, -0.2) is 53.0 Å². The summed E-state index contributed by atoms with van der Waals surface area (Å²) in [6.07, 6.45) is 0.729. The second-order valence-electron chi connectivity index (χ2n) is 6.92. The van der Waals surface area contributed by atoms with Crippen LogP contribution in [0.15, 0.2) is 36.5 Å². The van der Waals surface area contributed by atoms with Crippen molar-refractivity contribution in [3.05, 3.63) is 57.8 Å². The minimum atomic E-state index is -0.563. The maximum Gasteiger partial charge on any atom is 0.290 e. The number of carbonyl (C=O) groups is 1. The summed E-state index contributed by atoms with van der Waals surface area (Å²) in [6.45, 7) is 7.76. The third-order valence-electron chi connectivity index (χ3n) is 4.93. The average Bonchev–Trinajstić information content (AvgIpc) is 2.69. The van der Waals surface area contributed by atoms with Crippen molar-refractivity contribution >= 4 is 17.4 Å². The van der Waals surface area contributed by atoms with Crippen LogP contribution in [0.4, 0.5) is 11.5 Å². The van der Waals surface area contributed by atoms with Gasteiger partial charge in [-0.15, -0.1) is 0 Å². The van der Waals surface area contributed by atoms with E-state index in [1.165, 1.54) is 6.20 Å². The summed E-state index contributed by atoms with van der Waals surface area (Å²) in [5, 5.41) is 10.9. The molecule has 0 saturated carbocycles. The standard InChI is InChI=1S/C20H24N4O4/c1-14-6-4-5-7-18(14)28-16(3)20(25)23-10-8-22(9-11-23)19-12-15(2)17(13-21-19)24(26)27/h4-7,12-13,16H,8-11H2,1-3H3. The number of hydrogen-bond acceptors (Lipinski definition) is 6. The predicted octanol–water partition coefficient (Wildman–Crippen LogP) is 2.72. The summed E-state index contributed by atoms with van der Waals surface area (Å²) in [7, 11) is 0. The molecule has 1 aromatic heterocycles. The summed E-state index contributed by atoms with van der Waals surface area (Å²) in [4.78, 5) is 31.3. The van der Waals surface area contributed by atoms with Crippen molar-refractivity contribution in [1.82, 2.24) is 9.88 Å². The van der Waals surface area contributed by atoms with E-state index >= 15 is 0 Å². The van der Waals surface area contributed by atoms with E-state index in [9.17, 15) is 14.9 Å². The van der Waals surface area contributed by atoms with E-state index in [0.29, 0.717) is 43.3 Å². The lowest BCUT2D eigenvalue weighted by Gasteiger charge is -2.36. The molecule has 0 aliphatic carbocycles. The van der Waals surface area contributed by atoms with Crippen molar-refractivity contribution in [2.24, 2.45) is 0 Å². The van der Waals surface area contributed by atoms with Crippen molar-refractivity contribution in [1.29, 1.82) is 0 Å². The van der Waals surface area contributed by atoms with E-state index in [1.807, 2.05) is 36.1 Å². The lowest BCUT2D eigenvalue weighted by atomic mass is 10.2. The van der Waals surface area contributed by atoms with E-state index < -0.39 is 11.0 Å². The Hall–Kier alpha value is -3.16. The molecule has 1 saturated heterocycles. The number of benzene rings is 1. The van der Waals surface area contributed by atoms with Gasteiger partial charge >= 0.3 is 0 Å². The fraction of sp³-hybridized carbons (Fsp3) is 0.400. The molecule has 0 N–H and O–H groups in total. The number of nitrogens with zero attached hydrogens (tertiary/aromatic N) is 4. The van der Waals surface area contributed by atoms with Gasteiger partial charge in [0.2, 0.25) is 0 Å². The van der Waals surface area contributed by atoms with Crippen LogP contribution in [0.25, 0.3) is 0 Å². The van der Waals surface area contributed by atoms with Crippen LogP contribution in [0.5, 0.6) is 5.75 Å². The molecule has 1 aliphatic heterocycles. The highest BCUT2D eigenvalue weighted by Gasteiger charge is 2.27. The molecule has 0 radical (unpaired) electrons. The molecule has 3 rings (SSSR count). The Bertz CT molecular complexity index is 878. The first-order valence-corrected chi connectivity index (χ1v) is 9.24. The number of rotatable bonds is 5. The molecule has 2 aromatic rings. The molecule has 1 atom stereocenters. The Balaban J connectivity index is 1.59. The second-order valence-corrected chi connectivity index (χ2v) is 6.92. The van der Waals surface area contributed by atoms with Crippen LogP contribution >= 0.6 is 0 Å². The monoisotopic (exact) mass is 384 g/mol. The summed E-state index contributed by atoms with van der Waals surface area (Å²) >= 11 is 0. The molecule has 148 valence electrons. The molecule has 1 amide bonds. The second kappa shape index (κ2) is 8.24. The van der Waals surface area contributed by atoms with Gasteiger partial charge in [-0.1, -0.05) is 18.2 Å². The minimum absolute atomic E-state index is 0.0137. The molecule has 1 fully saturated rings. The zero-order valence-corrected chi connectivity index (χ0v) is 16.3. The summed E-state index contributed by atoms with van der Waals surface area (Å²) in [5.41, 5.74) is 1.58. The van der Waals surface area contributed by atoms with Crippen LogP contribution in [0.2, 0.25) is 0 Å². The Labute approximate surface area is 163 Å². The van der Waals surface area contributed by atoms with E-state index in [0.717, 1.165) is 5.56 Å². The first kappa shape index (κ1) is 19.6. The number of piperazine rings is 1. The van der Waals surface area contributed by atoms with Gasteiger partial charge < -0.3 is 14.5 Å². The lowest BCUT2D eigenvalue weighted by Crippen LogP contribution is -2.52. The van der Waals surface area contributed by atoms with E-state index in [2.05, 4.69) is 4.98 Å². The van der Waals surface area contributed by atoms with Gasteiger partial charge in [0.15, 0.2) is 6.10 Å². The number of nitro groups is 1. The fourth-order valence-electron chi connectivity index (χ4n) is 3.24. The van der Waals surface area contributed by atoms with Crippen LogP contribution in [0, 0.1) is 24.0 Å². The third-order valence-corrected chi connectivity index (χ3v) is 4.93. The van der Waals surface area contributed by atoms with Crippen LogP contribution in [0.1, 0.15) is 18.1 Å². The van der Waals surface area contributed by atoms with E-state index in [1.54, 1.807) is 24.8 Å². The maximum absolute atomic E-state index is 12.7. The normalized spacial score (nSPS) is 15.2. The molecule has 1 unspecified atom stereocenters. The highest BCUT2D eigenvalue weighted by molar-refractivity contribution is 5.81.